The van der Waals surface area contributed by atoms with Gasteiger partial charge in [0.25, 0.3) is 0 Å². The summed E-state index contributed by atoms with van der Waals surface area (Å²) < 4.78 is 0. The van der Waals surface area contributed by atoms with Crippen molar-refractivity contribution in [1.29, 1.82) is 0 Å². The third kappa shape index (κ3) is 7.56. The first-order chi connectivity index (χ1) is 16.0. The van der Waals surface area contributed by atoms with Gasteiger partial charge >= 0.3 is 0 Å². The molecular formula is C33H50O. The maximum Gasteiger partial charge on any atom is 0.146 e. The molecule has 34 heavy (non-hydrogen) atoms. The molecule has 0 fully saturated rings. The van der Waals surface area contributed by atoms with Crippen LogP contribution in [-0.4, -0.2) is 5.78 Å². The Morgan fingerprint density at radius 2 is 1.12 bits per heavy atom. The Kier molecular flexibility index (Phi) is 10.6. The predicted molar refractivity (Wildman–Crippen MR) is 150 cm³/mol. The molecule has 2 aliphatic carbocycles. The fraction of sp³-hybridized carbons (Fsp3) is 0.606. The van der Waals surface area contributed by atoms with Crippen LogP contribution in [-0.2, 0) is 4.79 Å². The van der Waals surface area contributed by atoms with Gasteiger partial charge in [0, 0.05) is 11.8 Å². The second-order valence-corrected chi connectivity index (χ2v) is 11.8. The van der Waals surface area contributed by atoms with Crippen LogP contribution in [0.3, 0.4) is 0 Å². The van der Waals surface area contributed by atoms with E-state index in [1.165, 1.54) is 11.1 Å². The molecule has 6 atom stereocenters. The van der Waals surface area contributed by atoms with Crippen molar-refractivity contribution in [3.05, 3.63) is 72.9 Å². The molecule has 1 heteroatoms. The lowest BCUT2D eigenvalue weighted by atomic mass is 9.66. The Labute approximate surface area is 210 Å². The molecule has 188 valence electrons. The van der Waals surface area contributed by atoms with Crippen LogP contribution >= 0.6 is 0 Å². The Bertz CT molecular complexity index is 761. The molecule has 0 heterocycles. The van der Waals surface area contributed by atoms with Crippen LogP contribution < -0.4 is 0 Å². The van der Waals surface area contributed by atoms with Gasteiger partial charge in [-0.3, -0.25) is 4.79 Å². The number of allylic oxidation sites excluding steroid dienone is 10. The molecule has 0 aromatic heterocycles. The van der Waals surface area contributed by atoms with E-state index in [-0.39, 0.29) is 22.7 Å². The van der Waals surface area contributed by atoms with Crippen molar-refractivity contribution >= 4 is 5.78 Å². The SMILES string of the molecule is C=CC(C)(CCC=C(C)C)C1C=CC(C(=O)C2C=CC(C(C)(C=C)CCC=C(C)C)CC2)CC1. The van der Waals surface area contributed by atoms with Crippen LogP contribution in [0.25, 0.3) is 0 Å². The molecule has 0 aliphatic heterocycles. The van der Waals surface area contributed by atoms with Crippen molar-refractivity contribution in [2.24, 2.45) is 34.5 Å². The van der Waals surface area contributed by atoms with E-state index in [9.17, 15) is 4.79 Å². The van der Waals surface area contributed by atoms with Crippen molar-refractivity contribution in [3.63, 3.8) is 0 Å². The van der Waals surface area contributed by atoms with Crippen molar-refractivity contribution in [2.75, 3.05) is 0 Å². The lowest BCUT2D eigenvalue weighted by Crippen LogP contribution is -2.32. The van der Waals surface area contributed by atoms with Crippen LogP contribution in [0.5, 0.6) is 0 Å². The number of ketones is 1. The number of carbonyl (C=O) groups is 1. The Morgan fingerprint density at radius 1 is 0.735 bits per heavy atom. The molecule has 2 rings (SSSR count). The summed E-state index contributed by atoms with van der Waals surface area (Å²) in [6.07, 6.45) is 26.5. The molecule has 6 unspecified atom stereocenters. The zero-order chi connectivity index (χ0) is 25.4. The van der Waals surface area contributed by atoms with Gasteiger partial charge in [0.2, 0.25) is 0 Å². The van der Waals surface area contributed by atoms with Gasteiger partial charge in [-0.25, -0.2) is 0 Å². The third-order valence-corrected chi connectivity index (χ3v) is 8.56. The van der Waals surface area contributed by atoms with Crippen LogP contribution in [0.1, 0.15) is 92.9 Å². The lowest BCUT2D eigenvalue weighted by Gasteiger charge is -2.38. The summed E-state index contributed by atoms with van der Waals surface area (Å²) in [7, 11) is 0. The van der Waals surface area contributed by atoms with E-state index in [0.29, 0.717) is 17.6 Å². The monoisotopic (exact) mass is 462 g/mol. The second kappa shape index (κ2) is 12.7. The molecule has 0 aromatic carbocycles. The van der Waals surface area contributed by atoms with E-state index in [4.69, 9.17) is 0 Å². The van der Waals surface area contributed by atoms with Gasteiger partial charge < -0.3 is 0 Å². The zero-order valence-electron chi connectivity index (χ0n) is 22.9. The summed E-state index contributed by atoms with van der Waals surface area (Å²) in [5, 5.41) is 0. The van der Waals surface area contributed by atoms with Gasteiger partial charge in [0.05, 0.1) is 0 Å². The fourth-order valence-corrected chi connectivity index (χ4v) is 5.71. The Morgan fingerprint density at radius 3 is 1.38 bits per heavy atom. The van der Waals surface area contributed by atoms with Crippen molar-refractivity contribution in [3.8, 4) is 0 Å². The molecule has 0 spiro atoms. The van der Waals surface area contributed by atoms with Gasteiger partial charge in [0.15, 0.2) is 0 Å². The molecule has 0 aromatic rings. The maximum atomic E-state index is 13.3. The normalized spacial score (nSPS) is 27.7. The highest BCUT2D eigenvalue weighted by Crippen LogP contribution is 2.44. The number of rotatable bonds is 12. The van der Waals surface area contributed by atoms with Gasteiger partial charge in [-0.15, -0.1) is 13.2 Å². The largest absolute Gasteiger partial charge is 0.298 e. The first-order valence-corrected chi connectivity index (χ1v) is 13.5. The average Bonchev–Trinajstić information content (AvgIpc) is 2.83. The highest BCUT2D eigenvalue weighted by atomic mass is 16.1. The molecular weight excluding hydrogens is 412 g/mol. The minimum absolute atomic E-state index is 0.0674. The van der Waals surface area contributed by atoms with E-state index >= 15 is 0 Å². The Hall–Kier alpha value is -1.89. The van der Waals surface area contributed by atoms with E-state index < -0.39 is 0 Å². The van der Waals surface area contributed by atoms with Gasteiger partial charge in [-0.1, -0.05) is 73.6 Å². The smallest absolute Gasteiger partial charge is 0.146 e. The minimum Gasteiger partial charge on any atom is -0.298 e. The first-order valence-electron chi connectivity index (χ1n) is 13.5. The number of carbonyl (C=O) groups excluding carboxylic acids is 1. The quantitative estimate of drug-likeness (QED) is 0.264. The Balaban J connectivity index is 1.99. The minimum atomic E-state index is 0.0674. The van der Waals surface area contributed by atoms with Crippen LogP contribution in [0.15, 0.2) is 72.9 Å². The molecule has 0 amide bonds. The molecule has 0 saturated heterocycles. The zero-order valence-corrected chi connectivity index (χ0v) is 22.9. The molecule has 0 saturated carbocycles. The molecule has 1 nitrogen and oxygen atoms in total. The molecule has 0 radical (unpaired) electrons. The average molecular weight is 463 g/mol. The van der Waals surface area contributed by atoms with Crippen LogP contribution in [0.4, 0.5) is 0 Å². The number of hydrogen-bond donors (Lipinski definition) is 0. The van der Waals surface area contributed by atoms with Crippen LogP contribution in [0, 0.1) is 34.5 Å². The van der Waals surface area contributed by atoms with Crippen LogP contribution in [0.2, 0.25) is 0 Å². The summed E-state index contributed by atoms with van der Waals surface area (Å²) in [5.74, 6) is 1.49. The van der Waals surface area contributed by atoms with Crippen molar-refractivity contribution in [1.82, 2.24) is 0 Å². The fourth-order valence-electron chi connectivity index (χ4n) is 5.71. The summed E-state index contributed by atoms with van der Waals surface area (Å²) in [5.41, 5.74) is 2.94. The topological polar surface area (TPSA) is 17.1 Å². The molecule has 0 N–H and O–H groups in total. The predicted octanol–water partition coefficient (Wildman–Crippen LogP) is 9.60. The molecule has 0 bridgehead atoms. The van der Waals surface area contributed by atoms with E-state index in [2.05, 4.69) is 103 Å². The summed E-state index contributed by atoms with van der Waals surface area (Å²) in [4.78, 5) is 13.3. The van der Waals surface area contributed by atoms with Gasteiger partial charge in [-0.05, 0) is 102 Å². The summed E-state index contributed by atoms with van der Waals surface area (Å²) in [6.45, 7) is 21.6. The second-order valence-electron chi connectivity index (χ2n) is 11.8. The number of hydrogen-bond acceptors (Lipinski definition) is 1. The standard InChI is InChI=1S/C33H50O/c1-9-32(7,23-11-13-25(3)4)29-19-15-27(16-20-29)31(34)28-17-21-30(22-18-28)33(8,10-2)24-12-14-26(5)6/h9-10,13-15,17,19,21,27-30H,1-2,11-12,16,18,20,22-24H2,3-8H3. The highest BCUT2D eigenvalue weighted by molar-refractivity contribution is 5.86. The first kappa shape index (κ1) is 28.3. The lowest BCUT2D eigenvalue weighted by molar-refractivity contribution is -0.124. The van der Waals surface area contributed by atoms with Gasteiger partial charge in [-0.2, -0.15) is 0 Å². The highest BCUT2D eigenvalue weighted by Gasteiger charge is 2.36. The summed E-state index contributed by atoms with van der Waals surface area (Å²) in [6, 6.07) is 0. The summed E-state index contributed by atoms with van der Waals surface area (Å²) >= 11 is 0. The maximum absolute atomic E-state index is 13.3. The van der Waals surface area contributed by atoms with E-state index in [1.54, 1.807) is 0 Å². The van der Waals surface area contributed by atoms with Gasteiger partial charge in [0.1, 0.15) is 5.78 Å². The third-order valence-electron chi connectivity index (χ3n) is 8.56. The van der Waals surface area contributed by atoms with E-state index in [1.807, 2.05) is 0 Å². The van der Waals surface area contributed by atoms with Crippen molar-refractivity contribution in [2.45, 2.75) is 92.9 Å². The van der Waals surface area contributed by atoms with Crippen molar-refractivity contribution < 1.29 is 4.79 Å². The number of Topliss-reactive ketones (excluding diaryl/α,β-unsaturated/α-hetero) is 1. The molecule has 2 aliphatic rings. The van der Waals surface area contributed by atoms with E-state index in [0.717, 1.165) is 51.4 Å².